The summed E-state index contributed by atoms with van der Waals surface area (Å²) < 4.78 is 18.9. The standard InChI is InChI=1S/C20H21BrN2O5S/c1-4-26-16-9-14(21)17(27-5-2)8-13(16)19-15(11-24)23-10-12(29-20(23)22-19)7-18(25)28-6-3/h8-11H,4-7H2,1-3H3. The van der Waals surface area contributed by atoms with Crippen molar-refractivity contribution in [3.8, 4) is 22.8 Å². The molecule has 2 aromatic heterocycles. The predicted octanol–water partition coefficient (Wildman–Crippen LogP) is 4.54. The first kappa shape index (κ1) is 21.3. The second-order valence-electron chi connectivity index (χ2n) is 5.94. The Morgan fingerprint density at radius 2 is 1.90 bits per heavy atom. The highest BCUT2D eigenvalue weighted by Crippen LogP contribution is 2.40. The number of aromatic nitrogens is 2. The fraction of sp³-hybridized carbons (Fsp3) is 0.350. The van der Waals surface area contributed by atoms with Crippen molar-refractivity contribution in [3.05, 3.63) is 33.4 Å². The van der Waals surface area contributed by atoms with Gasteiger partial charge in [-0.25, -0.2) is 4.98 Å². The maximum Gasteiger partial charge on any atom is 0.311 e. The maximum absolute atomic E-state index is 11.9. The van der Waals surface area contributed by atoms with Crippen molar-refractivity contribution in [2.75, 3.05) is 19.8 Å². The molecule has 0 amide bonds. The van der Waals surface area contributed by atoms with Gasteiger partial charge in [-0.1, -0.05) is 0 Å². The molecule has 0 fully saturated rings. The van der Waals surface area contributed by atoms with Crippen LogP contribution < -0.4 is 9.47 Å². The SMILES string of the molecule is CCOC(=O)Cc1cn2c(C=O)c(-c3cc(OCC)c(Br)cc3OCC)nc2s1. The summed E-state index contributed by atoms with van der Waals surface area (Å²) in [4.78, 5) is 29.7. The summed E-state index contributed by atoms with van der Waals surface area (Å²) in [5.41, 5.74) is 1.56. The van der Waals surface area contributed by atoms with Crippen LogP contribution in [0.2, 0.25) is 0 Å². The average Bonchev–Trinajstić information content (AvgIpc) is 3.21. The highest BCUT2D eigenvalue weighted by atomic mass is 79.9. The predicted molar refractivity (Wildman–Crippen MR) is 114 cm³/mol. The largest absolute Gasteiger partial charge is 0.493 e. The van der Waals surface area contributed by atoms with Crippen LogP contribution in [0.1, 0.15) is 36.1 Å². The summed E-state index contributed by atoms with van der Waals surface area (Å²) in [6.07, 6.45) is 2.65. The number of carbonyl (C=O) groups excluding carboxylic acids is 2. The van der Waals surface area contributed by atoms with Gasteiger partial charge in [-0.05, 0) is 48.8 Å². The quantitative estimate of drug-likeness (QED) is 0.330. The lowest BCUT2D eigenvalue weighted by molar-refractivity contribution is -0.142. The second-order valence-corrected chi connectivity index (χ2v) is 7.89. The second kappa shape index (κ2) is 9.41. The van der Waals surface area contributed by atoms with Crippen LogP contribution in [0.25, 0.3) is 16.2 Å². The summed E-state index contributed by atoms with van der Waals surface area (Å²) in [6, 6.07) is 3.63. The lowest BCUT2D eigenvalue weighted by atomic mass is 10.1. The molecule has 0 saturated carbocycles. The summed E-state index contributed by atoms with van der Waals surface area (Å²) in [5, 5.41) is 0. The normalized spacial score (nSPS) is 10.9. The Hall–Kier alpha value is -2.39. The van der Waals surface area contributed by atoms with Gasteiger partial charge < -0.3 is 14.2 Å². The molecule has 2 heterocycles. The van der Waals surface area contributed by atoms with Gasteiger partial charge in [0, 0.05) is 16.6 Å². The molecular formula is C20H21BrN2O5S. The average molecular weight is 481 g/mol. The number of ether oxygens (including phenoxy) is 3. The fourth-order valence-electron chi connectivity index (χ4n) is 2.92. The van der Waals surface area contributed by atoms with Gasteiger partial charge in [0.1, 0.15) is 22.9 Å². The molecule has 7 nitrogen and oxygen atoms in total. The van der Waals surface area contributed by atoms with Crippen molar-refractivity contribution in [2.24, 2.45) is 0 Å². The van der Waals surface area contributed by atoms with Gasteiger partial charge in [0.15, 0.2) is 11.2 Å². The number of imidazole rings is 1. The van der Waals surface area contributed by atoms with E-state index in [2.05, 4.69) is 20.9 Å². The van der Waals surface area contributed by atoms with Gasteiger partial charge in [-0.3, -0.25) is 14.0 Å². The van der Waals surface area contributed by atoms with E-state index in [4.69, 9.17) is 14.2 Å². The Morgan fingerprint density at radius 1 is 1.17 bits per heavy atom. The minimum absolute atomic E-state index is 0.145. The smallest absolute Gasteiger partial charge is 0.311 e. The molecule has 0 aliphatic carbocycles. The third kappa shape index (κ3) is 4.45. The molecule has 0 N–H and O–H groups in total. The Labute approximate surface area is 180 Å². The van der Waals surface area contributed by atoms with E-state index in [0.717, 1.165) is 15.6 Å². The number of hydrogen-bond acceptors (Lipinski definition) is 7. The van der Waals surface area contributed by atoms with Crippen LogP contribution >= 0.6 is 27.3 Å². The molecular weight excluding hydrogens is 460 g/mol. The Balaban J connectivity index is 2.09. The van der Waals surface area contributed by atoms with E-state index in [1.165, 1.54) is 11.3 Å². The highest BCUT2D eigenvalue weighted by Gasteiger charge is 2.22. The summed E-state index contributed by atoms with van der Waals surface area (Å²) >= 11 is 4.83. The molecule has 0 bridgehead atoms. The van der Waals surface area contributed by atoms with Crippen molar-refractivity contribution < 1.29 is 23.8 Å². The Bertz CT molecular complexity index is 1040. The van der Waals surface area contributed by atoms with Crippen molar-refractivity contribution in [1.29, 1.82) is 0 Å². The van der Waals surface area contributed by atoms with Crippen molar-refractivity contribution in [2.45, 2.75) is 27.2 Å². The van der Waals surface area contributed by atoms with Crippen LogP contribution in [-0.4, -0.2) is 41.5 Å². The van der Waals surface area contributed by atoms with Crippen molar-refractivity contribution in [1.82, 2.24) is 9.38 Å². The lowest BCUT2D eigenvalue weighted by Crippen LogP contribution is -2.06. The molecule has 154 valence electrons. The van der Waals surface area contributed by atoms with Crippen LogP contribution in [0, 0.1) is 0 Å². The first-order valence-electron chi connectivity index (χ1n) is 9.23. The Morgan fingerprint density at radius 3 is 2.55 bits per heavy atom. The third-order valence-corrected chi connectivity index (χ3v) is 5.64. The van der Waals surface area contributed by atoms with E-state index in [1.54, 1.807) is 17.5 Å². The lowest BCUT2D eigenvalue weighted by Gasteiger charge is -2.13. The zero-order valence-electron chi connectivity index (χ0n) is 16.4. The van der Waals surface area contributed by atoms with Gasteiger partial charge in [0.2, 0.25) is 0 Å². The first-order valence-corrected chi connectivity index (χ1v) is 10.8. The molecule has 0 unspecified atom stereocenters. The Kier molecular flexibility index (Phi) is 6.92. The van der Waals surface area contributed by atoms with Gasteiger partial charge in [-0.2, -0.15) is 0 Å². The highest BCUT2D eigenvalue weighted by molar-refractivity contribution is 9.10. The molecule has 3 aromatic rings. The monoisotopic (exact) mass is 480 g/mol. The zero-order chi connectivity index (χ0) is 21.0. The minimum atomic E-state index is -0.308. The van der Waals surface area contributed by atoms with E-state index in [0.29, 0.717) is 53.2 Å². The molecule has 0 spiro atoms. The number of hydrogen-bond donors (Lipinski definition) is 0. The van der Waals surface area contributed by atoms with Crippen molar-refractivity contribution >= 4 is 44.5 Å². The number of halogens is 1. The van der Waals surface area contributed by atoms with Gasteiger partial charge in [0.25, 0.3) is 0 Å². The number of benzene rings is 1. The van der Waals surface area contributed by atoms with Gasteiger partial charge in [0.05, 0.1) is 30.7 Å². The summed E-state index contributed by atoms with van der Waals surface area (Å²) in [5.74, 6) is 0.934. The van der Waals surface area contributed by atoms with Crippen LogP contribution in [0.4, 0.5) is 0 Å². The van der Waals surface area contributed by atoms with Crippen molar-refractivity contribution in [3.63, 3.8) is 0 Å². The fourth-order valence-corrected chi connectivity index (χ4v) is 4.32. The topological polar surface area (TPSA) is 79.1 Å². The summed E-state index contributed by atoms with van der Waals surface area (Å²) in [7, 11) is 0. The maximum atomic E-state index is 11.9. The van der Waals surface area contributed by atoms with E-state index in [1.807, 2.05) is 26.0 Å². The summed E-state index contributed by atoms with van der Waals surface area (Å²) in [6.45, 7) is 6.86. The molecule has 0 atom stereocenters. The first-order chi connectivity index (χ1) is 14.0. The molecule has 0 saturated heterocycles. The van der Waals surface area contributed by atoms with E-state index >= 15 is 0 Å². The number of fused-ring (bicyclic) bond motifs is 1. The number of carbonyl (C=O) groups is 2. The van der Waals surface area contributed by atoms with Gasteiger partial charge >= 0.3 is 5.97 Å². The van der Waals surface area contributed by atoms with Gasteiger partial charge in [-0.15, -0.1) is 11.3 Å². The van der Waals surface area contributed by atoms with Crippen LogP contribution in [0.15, 0.2) is 22.8 Å². The van der Waals surface area contributed by atoms with E-state index in [9.17, 15) is 9.59 Å². The number of rotatable bonds is 9. The minimum Gasteiger partial charge on any atom is -0.493 e. The molecule has 0 aliphatic heterocycles. The van der Waals surface area contributed by atoms with E-state index in [-0.39, 0.29) is 12.4 Å². The van der Waals surface area contributed by atoms with Crippen LogP contribution in [0.3, 0.4) is 0 Å². The van der Waals surface area contributed by atoms with Crippen LogP contribution in [0.5, 0.6) is 11.5 Å². The number of thiazole rings is 1. The van der Waals surface area contributed by atoms with E-state index < -0.39 is 0 Å². The molecule has 0 radical (unpaired) electrons. The van der Waals surface area contributed by atoms with Crippen LogP contribution in [-0.2, 0) is 16.0 Å². The molecule has 29 heavy (non-hydrogen) atoms. The molecule has 1 aromatic carbocycles. The number of nitrogens with zero attached hydrogens (tertiary/aromatic N) is 2. The molecule has 9 heteroatoms. The number of esters is 1. The molecule has 3 rings (SSSR count). The zero-order valence-corrected chi connectivity index (χ0v) is 18.8. The molecule has 0 aliphatic rings. The third-order valence-electron chi connectivity index (χ3n) is 4.04. The number of aldehydes is 1.